The van der Waals surface area contributed by atoms with Gasteiger partial charge in [-0.15, -0.1) is 0 Å². The molecule has 0 saturated carbocycles. The molecule has 0 spiro atoms. The van der Waals surface area contributed by atoms with Gasteiger partial charge in [-0.1, -0.05) is 24.2 Å². The van der Waals surface area contributed by atoms with Crippen LogP contribution in [0.1, 0.15) is 18.9 Å². The van der Waals surface area contributed by atoms with Gasteiger partial charge in [0.25, 0.3) is 5.91 Å². The first-order valence-corrected chi connectivity index (χ1v) is 13.0. The number of aryl methyl sites for hydroxylation is 2. The lowest BCUT2D eigenvalue weighted by molar-refractivity contribution is -0.118. The van der Waals surface area contributed by atoms with Gasteiger partial charge in [-0.05, 0) is 59.2 Å². The van der Waals surface area contributed by atoms with Crippen LogP contribution in [0.5, 0.6) is 23.1 Å². The smallest absolute Gasteiger partial charge is 0.351 e. The predicted octanol–water partition coefficient (Wildman–Crippen LogP) is 2.10. The maximum atomic E-state index is 12.8. The highest BCUT2D eigenvalue weighted by molar-refractivity contribution is 5.90. The van der Waals surface area contributed by atoms with E-state index in [2.05, 4.69) is 25.8 Å². The second kappa shape index (κ2) is 11.0. The van der Waals surface area contributed by atoms with Gasteiger partial charge in [-0.3, -0.25) is 14.7 Å². The van der Waals surface area contributed by atoms with Crippen LogP contribution in [-0.4, -0.2) is 61.6 Å². The lowest BCUT2D eigenvalue weighted by atomic mass is 9.97. The Morgan fingerprint density at radius 1 is 1.15 bits per heavy atom. The Morgan fingerprint density at radius 2 is 2.02 bits per heavy atom. The first-order chi connectivity index (χ1) is 19.6. The van der Waals surface area contributed by atoms with Crippen LogP contribution in [0.4, 0.5) is 5.95 Å². The van der Waals surface area contributed by atoms with Crippen LogP contribution in [0.15, 0.2) is 53.3 Å². The zero-order valence-electron chi connectivity index (χ0n) is 21.8. The van der Waals surface area contributed by atoms with Crippen LogP contribution in [0.2, 0.25) is 0 Å². The molecule has 2 aromatic carbocycles. The van der Waals surface area contributed by atoms with Crippen molar-refractivity contribution in [1.82, 2.24) is 29.8 Å². The maximum absolute atomic E-state index is 12.8. The Bertz CT molecular complexity index is 1600. The van der Waals surface area contributed by atoms with Crippen molar-refractivity contribution in [3.63, 3.8) is 0 Å². The average molecular weight is 546 g/mol. The van der Waals surface area contributed by atoms with Gasteiger partial charge < -0.3 is 18.9 Å². The predicted molar refractivity (Wildman–Crippen MR) is 142 cm³/mol. The minimum absolute atomic E-state index is 0.177. The molecule has 206 valence electrons. The van der Waals surface area contributed by atoms with E-state index in [1.54, 1.807) is 16.7 Å². The van der Waals surface area contributed by atoms with Crippen molar-refractivity contribution in [2.24, 2.45) is 0 Å². The number of hydrogen-bond donors (Lipinski definition) is 1. The summed E-state index contributed by atoms with van der Waals surface area (Å²) in [5.41, 5.74) is 2.18. The minimum Gasteiger partial charge on any atom is -0.486 e. The van der Waals surface area contributed by atoms with Gasteiger partial charge in [0.2, 0.25) is 11.8 Å². The van der Waals surface area contributed by atoms with Crippen LogP contribution in [0, 0.1) is 0 Å². The molecule has 0 bridgehead atoms. The van der Waals surface area contributed by atoms with Crippen LogP contribution < -0.4 is 30.0 Å². The Morgan fingerprint density at radius 3 is 2.90 bits per heavy atom. The molecule has 2 aliphatic rings. The highest BCUT2D eigenvalue weighted by Gasteiger charge is 2.23. The summed E-state index contributed by atoms with van der Waals surface area (Å²) in [5, 5.41) is 13.9. The molecule has 6 rings (SSSR count). The number of tetrazole rings is 1. The molecule has 4 heterocycles. The molecule has 1 amide bonds. The van der Waals surface area contributed by atoms with Crippen LogP contribution in [-0.2, 0) is 24.3 Å². The number of carbonyl (C=O) groups excluding carboxylic acids is 1. The summed E-state index contributed by atoms with van der Waals surface area (Å²) in [4.78, 5) is 29.3. The number of aromatic nitrogens is 6. The number of anilines is 1. The molecular formula is C27H27N7O6. The highest BCUT2D eigenvalue weighted by Crippen LogP contribution is 2.33. The van der Waals surface area contributed by atoms with Crippen molar-refractivity contribution in [1.29, 1.82) is 0 Å². The first-order valence-electron chi connectivity index (χ1n) is 13.0. The van der Waals surface area contributed by atoms with Gasteiger partial charge in [0, 0.05) is 24.7 Å². The molecule has 0 saturated heterocycles. The van der Waals surface area contributed by atoms with Crippen LogP contribution in [0.25, 0.3) is 11.3 Å². The molecule has 2 aliphatic heterocycles. The highest BCUT2D eigenvalue weighted by atomic mass is 16.6. The Labute approximate surface area is 228 Å². The molecule has 2 aromatic heterocycles. The third-order valence-electron chi connectivity index (χ3n) is 6.52. The van der Waals surface area contributed by atoms with E-state index in [0.717, 1.165) is 17.5 Å². The van der Waals surface area contributed by atoms with E-state index >= 15 is 0 Å². The Balaban J connectivity index is 1.11. The number of rotatable bonds is 9. The summed E-state index contributed by atoms with van der Waals surface area (Å²) in [6.07, 6.45) is 1.11. The van der Waals surface area contributed by atoms with E-state index in [1.807, 2.05) is 43.3 Å². The zero-order valence-corrected chi connectivity index (χ0v) is 21.8. The average Bonchev–Trinajstić information content (AvgIpc) is 3.41. The van der Waals surface area contributed by atoms with Crippen molar-refractivity contribution < 1.29 is 23.7 Å². The van der Waals surface area contributed by atoms with Crippen molar-refractivity contribution >= 4 is 11.9 Å². The van der Waals surface area contributed by atoms with Gasteiger partial charge >= 0.3 is 5.69 Å². The number of carbonyl (C=O) groups is 1. The number of ether oxygens (including phenoxy) is 4. The number of benzene rings is 2. The molecule has 0 radical (unpaired) electrons. The summed E-state index contributed by atoms with van der Waals surface area (Å²) in [7, 11) is 0. The molecule has 1 unspecified atom stereocenters. The summed E-state index contributed by atoms with van der Waals surface area (Å²) in [5.74, 6) is 2.01. The second-order valence-corrected chi connectivity index (χ2v) is 9.35. The number of nitrogens with zero attached hydrogens (tertiary/aromatic N) is 6. The van der Waals surface area contributed by atoms with Crippen molar-refractivity contribution in [3.8, 4) is 34.4 Å². The number of para-hydroxylation sites is 2. The van der Waals surface area contributed by atoms with Gasteiger partial charge in [0.1, 0.15) is 19.0 Å². The summed E-state index contributed by atoms with van der Waals surface area (Å²) >= 11 is 0. The monoisotopic (exact) mass is 545 g/mol. The molecular weight excluding hydrogens is 518 g/mol. The SMILES string of the molecule is CCCn1nnnc1NC(=O)COc1ccc2c(c1)CCn1c-2cc(OCC2COc3ccccc3O2)nc1=O. The second-order valence-electron chi connectivity index (χ2n) is 9.35. The van der Waals surface area contributed by atoms with Crippen LogP contribution >= 0.6 is 0 Å². The standard InChI is InChI=1S/C27H27N7O6/c1-2-10-34-26(30-31-32-34)28-24(35)16-37-18-7-8-20-17(12-18)9-11-33-21(20)13-25(29-27(33)36)39-15-19-14-38-22-5-3-4-6-23(22)40-19/h3-8,12-13,19H,2,9-11,14-16H2,1H3,(H,28,30,32,35). The molecule has 1 N–H and O–H groups in total. The molecule has 1 atom stereocenters. The Hall–Kier alpha value is -4.94. The fourth-order valence-electron chi connectivity index (χ4n) is 4.64. The van der Waals surface area contributed by atoms with Crippen molar-refractivity contribution in [2.75, 3.05) is 25.1 Å². The quantitative estimate of drug-likeness (QED) is 0.332. The summed E-state index contributed by atoms with van der Waals surface area (Å²) < 4.78 is 26.4. The van der Waals surface area contributed by atoms with E-state index in [1.165, 1.54) is 4.68 Å². The fraction of sp³-hybridized carbons (Fsp3) is 0.333. The largest absolute Gasteiger partial charge is 0.486 e. The third kappa shape index (κ3) is 5.30. The number of fused-ring (bicyclic) bond motifs is 4. The van der Waals surface area contributed by atoms with Crippen molar-refractivity contribution in [2.45, 2.75) is 39.0 Å². The number of hydrogen-bond acceptors (Lipinski definition) is 10. The van der Waals surface area contributed by atoms with Gasteiger partial charge in [-0.2, -0.15) is 4.98 Å². The molecule has 13 nitrogen and oxygen atoms in total. The first kappa shape index (κ1) is 25.3. The lowest BCUT2D eigenvalue weighted by Gasteiger charge is -2.26. The van der Waals surface area contributed by atoms with E-state index in [4.69, 9.17) is 18.9 Å². The topological polar surface area (TPSA) is 145 Å². The molecule has 13 heteroatoms. The van der Waals surface area contributed by atoms with Gasteiger partial charge in [0.05, 0.1) is 5.69 Å². The number of nitrogens with one attached hydrogen (secondary N) is 1. The summed E-state index contributed by atoms with van der Waals surface area (Å²) in [6, 6.07) is 14.7. The van der Waals surface area contributed by atoms with Gasteiger partial charge in [0.15, 0.2) is 24.2 Å². The lowest BCUT2D eigenvalue weighted by Crippen LogP contribution is -2.35. The molecule has 40 heavy (non-hydrogen) atoms. The minimum atomic E-state index is -0.383. The molecule has 4 aromatic rings. The van der Waals surface area contributed by atoms with E-state index in [0.29, 0.717) is 49.1 Å². The van der Waals surface area contributed by atoms with E-state index < -0.39 is 0 Å². The fourth-order valence-corrected chi connectivity index (χ4v) is 4.64. The van der Waals surface area contributed by atoms with Crippen molar-refractivity contribution in [3.05, 3.63) is 64.6 Å². The normalized spacial score (nSPS) is 15.1. The van der Waals surface area contributed by atoms with E-state index in [-0.39, 0.29) is 42.7 Å². The van der Waals surface area contributed by atoms with Gasteiger partial charge in [-0.25, -0.2) is 9.48 Å². The van der Waals surface area contributed by atoms with Crippen LogP contribution in [0.3, 0.4) is 0 Å². The van der Waals surface area contributed by atoms with E-state index in [9.17, 15) is 9.59 Å². The zero-order chi connectivity index (χ0) is 27.5. The third-order valence-corrected chi connectivity index (χ3v) is 6.52. The number of amides is 1. The molecule has 0 fully saturated rings. The molecule has 0 aliphatic carbocycles. The summed E-state index contributed by atoms with van der Waals surface area (Å²) in [6.45, 7) is 3.37. The maximum Gasteiger partial charge on any atom is 0.351 e. The Kier molecular flexibility index (Phi) is 7.00.